The molecule has 0 bridgehead atoms. The minimum Gasteiger partial charge on any atom is -0.454 e. The number of ether oxygens (including phenoxy) is 2. The van der Waals surface area contributed by atoms with Gasteiger partial charge in [-0.1, -0.05) is 6.07 Å². The van der Waals surface area contributed by atoms with Gasteiger partial charge in [-0.3, -0.25) is 9.67 Å². The largest absolute Gasteiger partial charge is 0.454 e. The average molecular weight is 275 g/mol. The van der Waals surface area contributed by atoms with Crippen LogP contribution in [-0.4, -0.2) is 21.6 Å². The fourth-order valence-corrected chi connectivity index (χ4v) is 2.56. The molecule has 98 valence electrons. The second-order valence-corrected chi connectivity index (χ2v) is 5.32. The molecule has 6 heteroatoms. The van der Waals surface area contributed by atoms with Crippen LogP contribution in [0.3, 0.4) is 0 Å². The van der Waals surface area contributed by atoms with Crippen molar-refractivity contribution >= 4 is 12.2 Å². The third-order valence-electron chi connectivity index (χ3n) is 3.51. The molecule has 1 aliphatic carbocycles. The third-order valence-corrected chi connectivity index (χ3v) is 3.82. The summed E-state index contributed by atoms with van der Waals surface area (Å²) in [6.07, 6.45) is 2.42. The van der Waals surface area contributed by atoms with Crippen LogP contribution in [0.5, 0.6) is 11.5 Å². The Bertz CT molecular complexity index is 687. The SMILES string of the molecule is S=c1[nH]nc(C2CC2)n1Cc1ccc2c(c1)OCO2. The number of hydrogen-bond acceptors (Lipinski definition) is 4. The van der Waals surface area contributed by atoms with E-state index in [4.69, 9.17) is 21.7 Å². The molecule has 0 unspecified atom stereocenters. The van der Waals surface area contributed by atoms with Gasteiger partial charge in [0.15, 0.2) is 16.3 Å². The molecule has 1 aromatic carbocycles. The highest BCUT2D eigenvalue weighted by Gasteiger charge is 2.29. The molecule has 0 saturated heterocycles. The van der Waals surface area contributed by atoms with Gasteiger partial charge in [0.25, 0.3) is 0 Å². The van der Waals surface area contributed by atoms with Gasteiger partial charge < -0.3 is 9.47 Å². The summed E-state index contributed by atoms with van der Waals surface area (Å²) in [7, 11) is 0. The van der Waals surface area contributed by atoms with Crippen LogP contribution in [0.4, 0.5) is 0 Å². The Labute approximate surface area is 115 Å². The zero-order chi connectivity index (χ0) is 12.8. The van der Waals surface area contributed by atoms with Crippen LogP contribution < -0.4 is 9.47 Å². The Morgan fingerprint density at radius 1 is 1.32 bits per heavy atom. The highest BCUT2D eigenvalue weighted by molar-refractivity contribution is 7.71. The number of nitrogens with one attached hydrogen (secondary N) is 1. The van der Waals surface area contributed by atoms with Crippen LogP contribution in [0.2, 0.25) is 0 Å². The predicted octanol–water partition coefficient (Wildman–Crippen LogP) is 2.60. The summed E-state index contributed by atoms with van der Waals surface area (Å²) in [6.45, 7) is 1.02. The van der Waals surface area contributed by atoms with E-state index in [1.807, 2.05) is 18.2 Å². The number of hydrogen-bond donors (Lipinski definition) is 1. The summed E-state index contributed by atoms with van der Waals surface area (Å²) in [6, 6.07) is 5.99. The number of rotatable bonds is 3. The van der Waals surface area contributed by atoms with Crippen molar-refractivity contribution in [3.63, 3.8) is 0 Å². The topological polar surface area (TPSA) is 52.1 Å². The molecule has 2 heterocycles. The standard InChI is InChI=1S/C13H13N3O2S/c19-13-15-14-12(9-2-3-9)16(13)6-8-1-4-10-11(5-8)18-7-17-10/h1,4-5,9H,2-3,6-7H2,(H,15,19). The van der Waals surface area contributed by atoms with E-state index in [9.17, 15) is 0 Å². The van der Waals surface area contributed by atoms with Gasteiger partial charge in [0.1, 0.15) is 5.82 Å². The normalized spacial score (nSPS) is 16.8. The van der Waals surface area contributed by atoms with Gasteiger partial charge in [-0.2, -0.15) is 5.10 Å². The average Bonchev–Trinajstić information content (AvgIpc) is 3.04. The molecular formula is C13H13N3O2S. The first kappa shape index (κ1) is 11.0. The van der Waals surface area contributed by atoms with Gasteiger partial charge in [-0.15, -0.1) is 0 Å². The summed E-state index contributed by atoms with van der Waals surface area (Å²) < 4.78 is 13.5. The van der Waals surface area contributed by atoms with E-state index in [0.717, 1.165) is 29.4 Å². The number of fused-ring (bicyclic) bond motifs is 1. The Hall–Kier alpha value is -1.82. The first-order valence-electron chi connectivity index (χ1n) is 6.35. The van der Waals surface area contributed by atoms with E-state index in [0.29, 0.717) is 17.5 Å². The first-order chi connectivity index (χ1) is 9.31. The molecular weight excluding hydrogens is 262 g/mol. The molecule has 2 aliphatic rings. The van der Waals surface area contributed by atoms with E-state index in [1.165, 1.54) is 12.8 Å². The van der Waals surface area contributed by atoms with Crippen molar-refractivity contribution in [3.8, 4) is 11.5 Å². The summed E-state index contributed by atoms with van der Waals surface area (Å²) in [5.74, 6) is 3.26. The maximum Gasteiger partial charge on any atom is 0.231 e. The molecule has 0 spiro atoms. The predicted molar refractivity (Wildman–Crippen MR) is 71.1 cm³/mol. The molecule has 1 saturated carbocycles. The van der Waals surface area contributed by atoms with Crippen molar-refractivity contribution in [1.29, 1.82) is 0 Å². The summed E-state index contributed by atoms with van der Waals surface area (Å²) in [4.78, 5) is 0. The molecule has 4 rings (SSSR count). The van der Waals surface area contributed by atoms with E-state index >= 15 is 0 Å². The van der Waals surface area contributed by atoms with Crippen LogP contribution in [0.15, 0.2) is 18.2 Å². The van der Waals surface area contributed by atoms with E-state index < -0.39 is 0 Å². The maximum atomic E-state index is 5.40. The molecule has 0 amide bonds. The van der Waals surface area contributed by atoms with Gasteiger partial charge in [0.2, 0.25) is 6.79 Å². The van der Waals surface area contributed by atoms with Crippen LogP contribution in [0, 0.1) is 4.77 Å². The van der Waals surface area contributed by atoms with E-state index in [2.05, 4.69) is 14.8 Å². The quantitative estimate of drug-likeness (QED) is 0.875. The van der Waals surface area contributed by atoms with Gasteiger partial charge in [-0.25, -0.2) is 0 Å². The monoisotopic (exact) mass is 275 g/mol. The molecule has 2 aromatic rings. The lowest BCUT2D eigenvalue weighted by molar-refractivity contribution is 0.174. The van der Waals surface area contributed by atoms with Crippen LogP contribution in [0.1, 0.15) is 30.1 Å². The highest BCUT2D eigenvalue weighted by Crippen LogP contribution is 2.39. The fraction of sp³-hybridized carbons (Fsp3) is 0.385. The second-order valence-electron chi connectivity index (χ2n) is 4.93. The smallest absolute Gasteiger partial charge is 0.231 e. The van der Waals surface area contributed by atoms with Gasteiger partial charge >= 0.3 is 0 Å². The van der Waals surface area contributed by atoms with Crippen molar-refractivity contribution in [2.24, 2.45) is 0 Å². The molecule has 0 radical (unpaired) electrons. The van der Waals surface area contributed by atoms with E-state index in [1.54, 1.807) is 0 Å². The Balaban J connectivity index is 1.68. The molecule has 1 aromatic heterocycles. The molecule has 1 N–H and O–H groups in total. The number of aromatic amines is 1. The minimum atomic E-state index is 0.303. The zero-order valence-electron chi connectivity index (χ0n) is 10.3. The third kappa shape index (κ3) is 1.92. The lowest BCUT2D eigenvalue weighted by Crippen LogP contribution is -2.04. The summed E-state index contributed by atoms with van der Waals surface area (Å²) >= 11 is 5.31. The van der Waals surface area contributed by atoms with Gasteiger partial charge in [0.05, 0.1) is 6.54 Å². The molecule has 5 nitrogen and oxygen atoms in total. The fourth-order valence-electron chi connectivity index (χ4n) is 2.36. The summed E-state index contributed by atoms with van der Waals surface area (Å²) in [5.41, 5.74) is 1.14. The minimum absolute atomic E-state index is 0.303. The number of H-pyrrole nitrogens is 1. The van der Waals surface area contributed by atoms with Crippen LogP contribution in [-0.2, 0) is 6.54 Å². The number of benzene rings is 1. The second kappa shape index (κ2) is 4.09. The van der Waals surface area contributed by atoms with Crippen molar-refractivity contribution in [3.05, 3.63) is 34.4 Å². The lowest BCUT2D eigenvalue weighted by atomic mass is 10.2. The number of aromatic nitrogens is 3. The Kier molecular flexibility index (Phi) is 2.38. The van der Waals surface area contributed by atoms with Crippen molar-refractivity contribution in [1.82, 2.24) is 14.8 Å². The molecule has 1 aliphatic heterocycles. The highest BCUT2D eigenvalue weighted by atomic mass is 32.1. The first-order valence-corrected chi connectivity index (χ1v) is 6.76. The van der Waals surface area contributed by atoms with Crippen LogP contribution >= 0.6 is 12.2 Å². The van der Waals surface area contributed by atoms with E-state index in [-0.39, 0.29) is 0 Å². The van der Waals surface area contributed by atoms with Crippen molar-refractivity contribution in [2.45, 2.75) is 25.3 Å². The van der Waals surface area contributed by atoms with Crippen LogP contribution in [0.25, 0.3) is 0 Å². The van der Waals surface area contributed by atoms with Crippen molar-refractivity contribution < 1.29 is 9.47 Å². The lowest BCUT2D eigenvalue weighted by Gasteiger charge is -2.07. The zero-order valence-corrected chi connectivity index (χ0v) is 11.1. The molecule has 1 fully saturated rings. The van der Waals surface area contributed by atoms with Crippen molar-refractivity contribution in [2.75, 3.05) is 6.79 Å². The maximum absolute atomic E-state index is 5.40. The summed E-state index contributed by atoms with van der Waals surface area (Å²) in [5, 5.41) is 7.23. The Morgan fingerprint density at radius 3 is 3.00 bits per heavy atom. The molecule has 19 heavy (non-hydrogen) atoms. The number of nitrogens with zero attached hydrogens (tertiary/aromatic N) is 2. The Morgan fingerprint density at radius 2 is 2.16 bits per heavy atom. The molecule has 0 atom stereocenters. The van der Waals surface area contributed by atoms with Gasteiger partial charge in [-0.05, 0) is 42.8 Å². The van der Waals surface area contributed by atoms with Gasteiger partial charge in [0, 0.05) is 5.92 Å².